The van der Waals surface area contributed by atoms with Gasteiger partial charge in [-0.05, 0) is 6.92 Å². The SMILES string of the molecule is CC(=O)C[C@@H](CC(=O)O)C(=O)O. The van der Waals surface area contributed by atoms with Crippen molar-refractivity contribution in [3.05, 3.63) is 0 Å². The van der Waals surface area contributed by atoms with Gasteiger partial charge in [0.05, 0.1) is 12.3 Å². The summed E-state index contributed by atoms with van der Waals surface area (Å²) in [5.41, 5.74) is 0. The van der Waals surface area contributed by atoms with Crippen molar-refractivity contribution < 1.29 is 24.6 Å². The zero-order valence-corrected chi connectivity index (χ0v) is 6.61. The number of hydrogen-bond donors (Lipinski definition) is 2. The lowest BCUT2D eigenvalue weighted by atomic mass is 10.00. The summed E-state index contributed by atoms with van der Waals surface area (Å²) in [6, 6.07) is 0. The summed E-state index contributed by atoms with van der Waals surface area (Å²) in [5.74, 6) is -3.86. The van der Waals surface area contributed by atoms with Crippen molar-refractivity contribution >= 4 is 17.7 Å². The Labute approximate surface area is 69.0 Å². The van der Waals surface area contributed by atoms with E-state index >= 15 is 0 Å². The first kappa shape index (κ1) is 10.6. The second-order valence-corrected chi connectivity index (χ2v) is 2.54. The van der Waals surface area contributed by atoms with Crippen LogP contribution in [0.3, 0.4) is 0 Å². The minimum absolute atomic E-state index is 0.221. The highest BCUT2D eigenvalue weighted by Crippen LogP contribution is 2.09. The average Bonchev–Trinajstić information content (AvgIpc) is 1.83. The van der Waals surface area contributed by atoms with Crippen LogP contribution >= 0.6 is 0 Å². The standard InChI is InChI=1S/C7H10O5/c1-4(8)2-5(7(11)12)3-6(9)10/h5H,2-3H2,1H3,(H,9,10)(H,11,12)/t5-/m0/s1. The van der Waals surface area contributed by atoms with Crippen LogP contribution in [-0.2, 0) is 14.4 Å². The number of ketones is 1. The molecule has 0 radical (unpaired) electrons. The van der Waals surface area contributed by atoms with Crippen molar-refractivity contribution in [3.63, 3.8) is 0 Å². The number of carboxylic acid groups (broad SMARTS) is 2. The van der Waals surface area contributed by atoms with Crippen molar-refractivity contribution in [2.24, 2.45) is 5.92 Å². The molecule has 0 spiro atoms. The Morgan fingerprint density at radius 1 is 1.17 bits per heavy atom. The molecule has 68 valence electrons. The summed E-state index contributed by atoms with van der Waals surface area (Å²) in [5, 5.41) is 16.7. The molecule has 0 aromatic heterocycles. The largest absolute Gasteiger partial charge is 0.481 e. The van der Waals surface area contributed by atoms with Crippen LogP contribution < -0.4 is 0 Å². The summed E-state index contributed by atoms with van der Waals surface area (Å²) in [7, 11) is 0. The number of carbonyl (C=O) groups is 3. The van der Waals surface area contributed by atoms with E-state index in [1.807, 2.05) is 0 Å². The summed E-state index contributed by atoms with van der Waals surface area (Å²) < 4.78 is 0. The molecule has 0 aromatic rings. The highest BCUT2D eigenvalue weighted by atomic mass is 16.4. The second-order valence-electron chi connectivity index (χ2n) is 2.54. The first-order valence-electron chi connectivity index (χ1n) is 3.37. The lowest BCUT2D eigenvalue weighted by Crippen LogP contribution is -2.20. The predicted octanol–water partition coefficient (Wildman–Crippen LogP) is 0.141. The first-order chi connectivity index (χ1) is 5.43. The van der Waals surface area contributed by atoms with Crippen LogP contribution in [0.5, 0.6) is 0 Å². The van der Waals surface area contributed by atoms with E-state index in [4.69, 9.17) is 10.2 Å². The van der Waals surface area contributed by atoms with Gasteiger partial charge in [-0.1, -0.05) is 0 Å². The van der Waals surface area contributed by atoms with Crippen molar-refractivity contribution in [2.75, 3.05) is 0 Å². The lowest BCUT2D eigenvalue weighted by molar-refractivity contribution is -0.149. The highest BCUT2D eigenvalue weighted by Gasteiger charge is 2.22. The van der Waals surface area contributed by atoms with E-state index in [-0.39, 0.29) is 12.2 Å². The lowest BCUT2D eigenvalue weighted by Gasteiger charge is -2.05. The van der Waals surface area contributed by atoms with Gasteiger partial charge in [-0.15, -0.1) is 0 Å². The molecule has 0 rings (SSSR count). The Kier molecular flexibility index (Phi) is 3.96. The first-order valence-corrected chi connectivity index (χ1v) is 3.37. The molecule has 0 unspecified atom stereocenters. The van der Waals surface area contributed by atoms with Crippen molar-refractivity contribution in [1.82, 2.24) is 0 Å². The maximum Gasteiger partial charge on any atom is 0.307 e. The minimum atomic E-state index is -1.24. The number of carboxylic acids is 2. The van der Waals surface area contributed by atoms with E-state index in [2.05, 4.69) is 0 Å². The van der Waals surface area contributed by atoms with Gasteiger partial charge < -0.3 is 15.0 Å². The molecule has 0 saturated heterocycles. The Hall–Kier alpha value is -1.39. The van der Waals surface area contributed by atoms with E-state index in [1.165, 1.54) is 6.92 Å². The number of aliphatic carboxylic acids is 2. The van der Waals surface area contributed by atoms with Gasteiger partial charge in [0.2, 0.25) is 0 Å². The highest BCUT2D eigenvalue weighted by molar-refractivity contribution is 5.84. The topological polar surface area (TPSA) is 91.7 Å². The zero-order chi connectivity index (χ0) is 9.72. The molecule has 12 heavy (non-hydrogen) atoms. The molecule has 0 saturated carbocycles. The molecule has 0 amide bonds. The van der Waals surface area contributed by atoms with Crippen LogP contribution in [0.2, 0.25) is 0 Å². The van der Waals surface area contributed by atoms with Crippen LogP contribution in [0, 0.1) is 5.92 Å². The number of carbonyl (C=O) groups excluding carboxylic acids is 1. The third-order valence-corrected chi connectivity index (χ3v) is 1.30. The van der Waals surface area contributed by atoms with E-state index < -0.39 is 24.3 Å². The van der Waals surface area contributed by atoms with Crippen molar-refractivity contribution in [1.29, 1.82) is 0 Å². The van der Waals surface area contributed by atoms with Crippen LogP contribution in [-0.4, -0.2) is 27.9 Å². The predicted molar refractivity (Wildman–Crippen MR) is 38.7 cm³/mol. The molecule has 0 aliphatic heterocycles. The third-order valence-electron chi connectivity index (χ3n) is 1.30. The Balaban J connectivity index is 4.14. The molecule has 1 atom stereocenters. The Morgan fingerprint density at radius 2 is 1.67 bits per heavy atom. The Morgan fingerprint density at radius 3 is 1.92 bits per heavy atom. The molecule has 2 N–H and O–H groups in total. The van der Waals surface area contributed by atoms with Crippen molar-refractivity contribution in [3.8, 4) is 0 Å². The summed E-state index contributed by atoms with van der Waals surface area (Å²) in [4.78, 5) is 31.0. The van der Waals surface area contributed by atoms with Gasteiger partial charge in [-0.3, -0.25) is 9.59 Å². The number of hydrogen-bond acceptors (Lipinski definition) is 3. The average molecular weight is 174 g/mol. The smallest absolute Gasteiger partial charge is 0.307 e. The van der Waals surface area contributed by atoms with E-state index in [1.54, 1.807) is 0 Å². The molecule has 0 aliphatic carbocycles. The molecule has 0 aliphatic rings. The van der Waals surface area contributed by atoms with Crippen LogP contribution in [0.15, 0.2) is 0 Å². The maximum atomic E-state index is 10.5. The van der Waals surface area contributed by atoms with Crippen molar-refractivity contribution in [2.45, 2.75) is 19.8 Å². The van der Waals surface area contributed by atoms with Crippen LogP contribution in [0.1, 0.15) is 19.8 Å². The zero-order valence-electron chi connectivity index (χ0n) is 6.61. The van der Waals surface area contributed by atoms with Crippen LogP contribution in [0.25, 0.3) is 0 Å². The molecular weight excluding hydrogens is 164 g/mol. The molecular formula is C7H10O5. The maximum absolute atomic E-state index is 10.5. The number of rotatable bonds is 5. The van der Waals surface area contributed by atoms with Gasteiger partial charge in [0.25, 0.3) is 0 Å². The van der Waals surface area contributed by atoms with Crippen LogP contribution in [0.4, 0.5) is 0 Å². The molecule has 0 heterocycles. The fourth-order valence-electron chi connectivity index (χ4n) is 0.805. The van der Waals surface area contributed by atoms with Gasteiger partial charge in [0.1, 0.15) is 5.78 Å². The van der Waals surface area contributed by atoms with Gasteiger partial charge in [-0.25, -0.2) is 0 Å². The summed E-state index contributed by atoms with van der Waals surface area (Å²) >= 11 is 0. The number of Topliss-reactive ketones (excluding diaryl/α,β-unsaturated/α-hetero) is 1. The fraction of sp³-hybridized carbons (Fsp3) is 0.571. The monoisotopic (exact) mass is 174 g/mol. The second kappa shape index (κ2) is 4.48. The molecule has 5 nitrogen and oxygen atoms in total. The summed E-state index contributed by atoms with van der Waals surface area (Å²) in [6.07, 6.45) is -0.726. The Bertz CT molecular complexity index is 192. The quantitative estimate of drug-likeness (QED) is 0.618. The van der Waals surface area contributed by atoms with E-state index in [0.717, 1.165) is 0 Å². The van der Waals surface area contributed by atoms with Gasteiger partial charge in [-0.2, -0.15) is 0 Å². The fourth-order valence-corrected chi connectivity index (χ4v) is 0.805. The van der Waals surface area contributed by atoms with Gasteiger partial charge in [0.15, 0.2) is 0 Å². The van der Waals surface area contributed by atoms with E-state index in [0.29, 0.717) is 0 Å². The third kappa shape index (κ3) is 4.43. The molecule has 0 bridgehead atoms. The minimum Gasteiger partial charge on any atom is -0.481 e. The molecule has 0 fully saturated rings. The van der Waals surface area contributed by atoms with Gasteiger partial charge >= 0.3 is 11.9 Å². The molecule has 0 aromatic carbocycles. The normalized spacial score (nSPS) is 12.1. The summed E-state index contributed by atoms with van der Waals surface area (Å²) in [6.45, 7) is 1.23. The molecule has 5 heteroatoms. The van der Waals surface area contributed by atoms with Gasteiger partial charge in [0, 0.05) is 6.42 Å². The van der Waals surface area contributed by atoms with E-state index in [9.17, 15) is 14.4 Å².